The predicted molar refractivity (Wildman–Crippen MR) is 108 cm³/mol. The number of benzene rings is 2. The molecule has 0 unspecified atom stereocenters. The lowest BCUT2D eigenvalue weighted by molar-refractivity contribution is -0.384. The number of nitrogens with one attached hydrogen (secondary N) is 2. The Bertz CT molecular complexity index is 925. The van der Waals surface area contributed by atoms with Crippen LogP contribution in [0.4, 0.5) is 17.1 Å². The number of nitro benzene ring substituents is 1. The summed E-state index contributed by atoms with van der Waals surface area (Å²) in [6.45, 7) is 0.650. The maximum absolute atomic E-state index is 10.7. The largest absolute Gasteiger partial charge is 0.332 e. The van der Waals surface area contributed by atoms with E-state index < -0.39 is 4.92 Å². The Balaban J connectivity index is 1.57. The first-order chi connectivity index (χ1) is 12.5. The Morgan fingerprint density at radius 1 is 1.12 bits per heavy atom. The van der Waals surface area contributed by atoms with Crippen molar-refractivity contribution in [2.75, 3.05) is 10.6 Å². The predicted octanol–water partition coefficient (Wildman–Crippen LogP) is 4.41. The monoisotopic (exact) mass is 431 g/mol. The van der Waals surface area contributed by atoms with Crippen LogP contribution in [-0.4, -0.2) is 19.8 Å². The van der Waals surface area contributed by atoms with Gasteiger partial charge in [0.2, 0.25) is 0 Å². The Morgan fingerprint density at radius 2 is 1.77 bits per heavy atom. The van der Waals surface area contributed by atoms with Crippen LogP contribution in [0, 0.1) is 10.1 Å². The van der Waals surface area contributed by atoms with Crippen LogP contribution >= 0.6 is 28.1 Å². The standard InChI is InChI=1S/C17H14BrN5O2S/c18-13-3-1-12(2-4-13)10-22-11-15(9-19-22)21-17(26)20-14-5-7-16(8-6-14)23(24)25/h1-9,11H,10H2,(H2,20,21,26). The molecule has 2 N–H and O–H groups in total. The summed E-state index contributed by atoms with van der Waals surface area (Å²) in [4.78, 5) is 10.2. The molecule has 7 nitrogen and oxygen atoms in total. The van der Waals surface area contributed by atoms with Gasteiger partial charge in [-0.05, 0) is 42.0 Å². The summed E-state index contributed by atoms with van der Waals surface area (Å²) in [6, 6.07) is 14.1. The molecule has 0 aliphatic heterocycles. The number of hydrogen-bond donors (Lipinski definition) is 2. The molecule has 0 saturated carbocycles. The molecule has 0 aliphatic carbocycles. The summed E-state index contributed by atoms with van der Waals surface area (Å²) >= 11 is 8.67. The van der Waals surface area contributed by atoms with Gasteiger partial charge < -0.3 is 10.6 Å². The first-order valence-electron chi connectivity index (χ1n) is 7.59. The lowest BCUT2D eigenvalue weighted by atomic mass is 10.2. The molecule has 1 heterocycles. The third kappa shape index (κ3) is 4.87. The number of aromatic nitrogens is 2. The summed E-state index contributed by atoms with van der Waals surface area (Å²) in [5.41, 5.74) is 2.58. The van der Waals surface area contributed by atoms with E-state index in [1.807, 2.05) is 30.5 Å². The normalized spacial score (nSPS) is 10.3. The van der Waals surface area contributed by atoms with Gasteiger partial charge >= 0.3 is 0 Å². The van der Waals surface area contributed by atoms with E-state index in [0.717, 1.165) is 15.7 Å². The molecule has 0 amide bonds. The molecule has 2 aromatic carbocycles. The number of non-ortho nitro benzene ring substituents is 1. The molecule has 132 valence electrons. The zero-order valence-electron chi connectivity index (χ0n) is 13.4. The highest BCUT2D eigenvalue weighted by Gasteiger charge is 2.06. The molecule has 0 bridgehead atoms. The van der Waals surface area contributed by atoms with E-state index in [0.29, 0.717) is 17.3 Å². The molecule has 0 atom stereocenters. The van der Waals surface area contributed by atoms with Gasteiger partial charge in [0.15, 0.2) is 5.11 Å². The quantitative estimate of drug-likeness (QED) is 0.353. The summed E-state index contributed by atoms with van der Waals surface area (Å²) in [7, 11) is 0. The van der Waals surface area contributed by atoms with Gasteiger partial charge in [-0.1, -0.05) is 28.1 Å². The van der Waals surface area contributed by atoms with Crippen LogP contribution < -0.4 is 10.6 Å². The highest BCUT2D eigenvalue weighted by Crippen LogP contribution is 2.16. The average Bonchev–Trinajstić information content (AvgIpc) is 3.04. The molecule has 0 saturated heterocycles. The van der Waals surface area contributed by atoms with Crippen molar-refractivity contribution in [1.82, 2.24) is 9.78 Å². The van der Waals surface area contributed by atoms with Crippen molar-refractivity contribution >= 4 is 50.3 Å². The Labute approximate surface area is 163 Å². The lowest BCUT2D eigenvalue weighted by Gasteiger charge is -2.08. The second-order valence-corrected chi connectivity index (χ2v) is 6.76. The topological polar surface area (TPSA) is 85.0 Å². The third-order valence-corrected chi connectivity index (χ3v) is 4.22. The van der Waals surface area contributed by atoms with E-state index in [9.17, 15) is 10.1 Å². The minimum atomic E-state index is -0.444. The number of anilines is 2. The molecule has 0 aliphatic rings. The molecular weight excluding hydrogens is 418 g/mol. The van der Waals surface area contributed by atoms with Gasteiger partial charge in [-0.3, -0.25) is 14.8 Å². The minimum Gasteiger partial charge on any atom is -0.332 e. The van der Waals surface area contributed by atoms with Gasteiger partial charge in [0.05, 0.1) is 23.4 Å². The van der Waals surface area contributed by atoms with Crippen molar-refractivity contribution in [2.45, 2.75) is 6.54 Å². The van der Waals surface area contributed by atoms with E-state index in [1.54, 1.807) is 23.0 Å². The first-order valence-corrected chi connectivity index (χ1v) is 8.79. The number of nitro groups is 1. The Hall–Kier alpha value is -2.78. The lowest BCUT2D eigenvalue weighted by Crippen LogP contribution is -2.18. The zero-order valence-corrected chi connectivity index (χ0v) is 15.8. The first kappa shape index (κ1) is 18.0. The molecular formula is C17H14BrN5O2S. The van der Waals surface area contributed by atoms with E-state index in [-0.39, 0.29) is 5.69 Å². The van der Waals surface area contributed by atoms with Crippen LogP contribution in [0.2, 0.25) is 0 Å². The van der Waals surface area contributed by atoms with Crippen LogP contribution in [0.5, 0.6) is 0 Å². The van der Waals surface area contributed by atoms with Crippen molar-refractivity contribution in [1.29, 1.82) is 0 Å². The second-order valence-electron chi connectivity index (χ2n) is 5.44. The fraction of sp³-hybridized carbons (Fsp3) is 0.0588. The number of thiocarbonyl (C=S) groups is 1. The van der Waals surface area contributed by atoms with Crippen LogP contribution in [0.1, 0.15) is 5.56 Å². The highest BCUT2D eigenvalue weighted by molar-refractivity contribution is 9.10. The van der Waals surface area contributed by atoms with Gasteiger partial charge in [0.25, 0.3) is 5.69 Å². The zero-order chi connectivity index (χ0) is 18.5. The second kappa shape index (κ2) is 8.07. The molecule has 9 heteroatoms. The summed E-state index contributed by atoms with van der Waals surface area (Å²) in [5.74, 6) is 0. The van der Waals surface area contributed by atoms with Crippen molar-refractivity contribution in [3.63, 3.8) is 0 Å². The summed E-state index contributed by atoms with van der Waals surface area (Å²) in [5, 5.41) is 21.4. The van der Waals surface area contributed by atoms with Gasteiger partial charge in [0, 0.05) is 28.5 Å². The Kier molecular flexibility index (Phi) is 5.59. The van der Waals surface area contributed by atoms with E-state index in [4.69, 9.17) is 12.2 Å². The van der Waals surface area contributed by atoms with Crippen LogP contribution in [0.15, 0.2) is 65.4 Å². The van der Waals surface area contributed by atoms with Gasteiger partial charge in [-0.25, -0.2) is 0 Å². The van der Waals surface area contributed by atoms with Crippen LogP contribution in [0.3, 0.4) is 0 Å². The molecule has 0 radical (unpaired) electrons. The van der Waals surface area contributed by atoms with E-state index >= 15 is 0 Å². The molecule has 3 rings (SSSR count). The van der Waals surface area contributed by atoms with Crippen molar-refractivity contribution in [3.05, 3.63) is 81.1 Å². The maximum atomic E-state index is 10.7. The number of rotatable bonds is 5. The average molecular weight is 432 g/mol. The maximum Gasteiger partial charge on any atom is 0.269 e. The molecule has 26 heavy (non-hydrogen) atoms. The van der Waals surface area contributed by atoms with Crippen LogP contribution in [0.25, 0.3) is 0 Å². The van der Waals surface area contributed by atoms with Crippen molar-refractivity contribution in [2.24, 2.45) is 0 Å². The van der Waals surface area contributed by atoms with E-state index in [1.165, 1.54) is 12.1 Å². The minimum absolute atomic E-state index is 0.0312. The van der Waals surface area contributed by atoms with Crippen molar-refractivity contribution in [3.8, 4) is 0 Å². The molecule has 3 aromatic rings. The van der Waals surface area contributed by atoms with Crippen molar-refractivity contribution < 1.29 is 4.92 Å². The number of halogens is 1. The fourth-order valence-electron chi connectivity index (χ4n) is 2.25. The van der Waals surface area contributed by atoms with Gasteiger partial charge in [0.1, 0.15) is 0 Å². The third-order valence-electron chi connectivity index (χ3n) is 3.48. The molecule has 0 spiro atoms. The SMILES string of the molecule is O=[N+]([O-])c1ccc(NC(=S)Nc2cnn(Cc3ccc(Br)cc3)c2)cc1. The van der Waals surface area contributed by atoms with Gasteiger partial charge in [-0.2, -0.15) is 5.10 Å². The fourth-order valence-corrected chi connectivity index (χ4v) is 2.75. The number of nitrogens with zero attached hydrogens (tertiary/aromatic N) is 3. The van der Waals surface area contributed by atoms with Crippen LogP contribution in [-0.2, 0) is 6.54 Å². The molecule has 1 aromatic heterocycles. The molecule has 0 fully saturated rings. The number of hydrogen-bond acceptors (Lipinski definition) is 4. The summed E-state index contributed by atoms with van der Waals surface area (Å²) < 4.78 is 2.84. The van der Waals surface area contributed by atoms with Gasteiger partial charge in [-0.15, -0.1) is 0 Å². The summed E-state index contributed by atoms with van der Waals surface area (Å²) in [6.07, 6.45) is 3.54. The Morgan fingerprint density at radius 3 is 2.42 bits per heavy atom. The highest BCUT2D eigenvalue weighted by atomic mass is 79.9. The van der Waals surface area contributed by atoms with E-state index in [2.05, 4.69) is 31.7 Å². The smallest absolute Gasteiger partial charge is 0.269 e.